The summed E-state index contributed by atoms with van der Waals surface area (Å²) in [4.78, 5) is 14.5. The lowest BCUT2D eigenvalue weighted by Gasteiger charge is -2.33. The van der Waals surface area contributed by atoms with Gasteiger partial charge in [-0.05, 0) is 25.5 Å². The molecule has 8 heteroatoms. The summed E-state index contributed by atoms with van der Waals surface area (Å²) in [7, 11) is 0. The topological polar surface area (TPSA) is 79.7 Å². The average Bonchev–Trinajstić information content (AvgIpc) is 3.25. The quantitative estimate of drug-likeness (QED) is 0.774. The fraction of sp³-hybridized carbons (Fsp3) is 0.294. The molecule has 0 bridgehead atoms. The number of hydrogen-bond donors (Lipinski definition) is 1. The van der Waals surface area contributed by atoms with Crippen molar-refractivity contribution in [2.24, 2.45) is 0 Å². The van der Waals surface area contributed by atoms with Gasteiger partial charge in [0, 0.05) is 18.5 Å². The molecule has 1 N–H and O–H groups in total. The number of aromatic nitrogens is 5. The van der Waals surface area contributed by atoms with Crippen LogP contribution in [0.2, 0.25) is 0 Å². The summed E-state index contributed by atoms with van der Waals surface area (Å²) in [5.74, 6) is -0.0625. The molecule has 0 saturated heterocycles. The summed E-state index contributed by atoms with van der Waals surface area (Å²) in [6.45, 7) is 3.90. The largest absolute Gasteiger partial charge is 0.329 e. The zero-order valence-corrected chi connectivity index (χ0v) is 13.9. The number of nitrogens with one attached hydrogen (secondary N) is 1. The van der Waals surface area contributed by atoms with E-state index < -0.39 is 5.82 Å². The van der Waals surface area contributed by atoms with Gasteiger partial charge in [-0.15, -0.1) is 5.10 Å². The fourth-order valence-electron chi connectivity index (χ4n) is 3.17. The van der Waals surface area contributed by atoms with Crippen LogP contribution >= 0.6 is 0 Å². The summed E-state index contributed by atoms with van der Waals surface area (Å²) < 4.78 is 16.0. The predicted octanol–water partition coefficient (Wildman–Crippen LogP) is 2.02. The summed E-state index contributed by atoms with van der Waals surface area (Å²) in [6, 6.07) is 6.58. The van der Waals surface area contributed by atoms with E-state index in [1.165, 1.54) is 6.07 Å². The number of nitrogens with zero attached hydrogens (tertiary/aromatic N) is 5. The number of rotatable bonds is 2. The van der Waals surface area contributed by atoms with E-state index in [2.05, 4.69) is 20.5 Å². The van der Waals surface area contributed by atoms with Crippen molar-refractivity contribution in [3.05, 3.63) is 58.8 Å². The molecule has 0 unspecified atom stereocenters. The summed E-state index contributed by atoms with van der Waals surface area (Å²) >= 11 is 0. The van der Waals surface area contributed by atoms with Gasteiger partial charge >= 0.3 is 0 Å². The first kappa shape index (κ1) is 15.5. The van der Waals surface area contributed by atoms with Crippen molar-refractivity contribution >= 4 is 5.91 Å². The second kappa shape index (κ2) is 5.80. The molecule has 2 aromatic heterocycles. The number of H-pyrrole nitrogens is 1. The van der Waals surface area contributed by atoms with Gasteiger partial charge in [0.25, 0.3) is 5.91 Å². The fourth-order valence-corrected chi connectivity index (χ4v) is 3.17. The standard InChI is InChI=1S/C17H17FN6O/c1-10-4-3-5-12(16(10)18)17(25)23-9-13-14(8-11(23)2)24(22-20-13)15-6-7-19-21-15/h3-7,11H,8-9H2,1-2H3,(H,19,21)/t11-/m0/s1. The number of hydrogen-bond acceptors (Lipinski definition) is 4. The van der Waals surface area contributed by atoms with Crippen molar-refractivity contribution in [1.82, 2.24) is 30.1 Å². The average molecular weight is 340 g/mol. The molecule has 0 fully saturated rings. The number of aryl methyl sites for hydroxylation is 1. The highest BCUT2D eigenvalue weighted by Crippen LogP contribution is 2.25. The maximum absolute atomic E-state index is 14.3. The normalized spacial score (nSPS) is 16.8. The highest BCUT2D eigenvalue weighted by molar-refractivity contribution is 5.95. The molecule has 0 saturated carbocycles. The molecule has 1 aliphatic heterocycles. The summed E-state index contributed by atoms with van der Waals surface area (Å²) in [6.07, 6.45) is 2.23. The van der Waals surface area contributed by atoms with Gasteiger partial charge in [-0.2, -0.15) is 9.78 Å². The molecule has 0 aliphatic carbocycles. The number of benzene rings is 1. The van der Waals surface area contributed by atoms with Gasteiger partial charge < -0.3 is 4.90 Å². The van der Waals surface area contributed by atoms with Gasteiger partial charge in [-0.3, -0.25) is 9.89 Å². The Hall–Kier alpha value is -3.03. The summed E-state index contributed by atoms with van der Waals surface area (Å²) in [5, 5.41) is 15.1. The number of carbonyl (C=O) groups excluding carboxylic acids is 1. The first-order chi connectivity index (χ1) is 12.1. The molecule has 1 amide bonds. The number of fused-ring (bicyclic) bond motifs is 1. The molecule has 1 aliphatic rings. The zero-order valence-electron chi connectivity index (χ0n) is 13.9. The molecule has 128 valence electrons. The molecule has 0 spiro atoms. The van der Waals surface area contributed by atoms with E-state index in [1.54, 1.807) is 40.9 Å². The third-order valence-corrected chi connectivity index (χ3v) is 4.58. The Bertz CT molecular complexity index is 933. The Balaban J connectivity index is 1.66. The van der Waals surface area contributed by atoms with Crippen LogP contribution in [0.5, 0.6) is 0 Å². The highest BCUT2D eigenvalue weighted by Gasteiger charge is 2.32. The molecule has 25 heavy (non-hydrogen) atoms. The predicted molar refractivity (Wildman–Crippen MR) is 87.7 cm³/mol. The van der Waals surface area contributed by atoms with Crippen LogP contribution in [-0.4, -0.2) is 42.0 Å². The minimum Gasteiger partial charge on any atom is -0.329 e. The van der Waals surface area contributed by atoms with E-state index in [0.717, 1.165) is 11.5 Å². The highest BCUT2D eigenvalue weighted by atomic mass is 19.1. The summed E-state index contributed by atoms with van der Waals surface area (Å²) in [5.41, 5.74) is 2.21. The molecule has 1 atom stereocenters. The van der Waals surface area contributed by atoms with Crippen LogP contribution in [0.25, 0.3) is 5.82 Å². The Labute approximate surface area is 143 Å². The maximum Gasteiger partial charge on any atom is 0.257 e. The van der Waals surface area contributed by atoms with E-state index in [-0.39, 0.29) is 17.5 Å². The van der Waals surface area contributed by atoms with Crippen LogP contribution in [0.4, 0.5) is 4.39 Å². The molecular formula is C17H17FN6O. The van der Waals surface area contributed by atoms with Crippen LogP contribution in [0, 0.1) is 12.7 Å². The molecule has 1 aromatic carbocycles. The lowest BCUT2D eigenvalue weighted by molar-refractivity contribution is 0.0648. The van der Waals surface area contributed by atoms with Gasteiger partial charge in [0.2, 0.25) is 0 Å². The lowest BCUT2D eigenvalue weighted by Crippen LogP contribution is -2.43. The number of amides is 1. The molecule has 0 radical (unpaired) electrons. The van der Waals surface area contributed by atoms with E-state index in [0.29, 0.717) is 24.2 Å². The van der Waals surface area contributed by atoms with Gasteiger partial charge in [0.15, 0.2) is 5.82 Å². The Morgan fingerprint density at radius 2 is 2.20 bits per heavy atom. The third kappa shape index (κ3) is 2.50. The monoisotopic (exact) mass is 340 g/mol. The van der Waals surface area contributed by atoms with Crippen LogP contribution in [0.15, 0.2) is 30.5 Å². The Morgan fingerprint density at radius 1 is 1.36 bits per heavy atom. The van der Waals surface area contributed by atoms with Gasteiger partial charge in [-0.1, -0.05) is 17.3 Å². The zero-order chi connectivity index (χ0) is 17.6. The van der Waals surface area contributed by atoms with Crippen molar-refractivity contribution < 1.29 is 9.18 Å². The molecule has 7 nitrogen and oxygen atoms in total. The minimum atomic E-state index is -0.466. The van der Waals surface area contributed by atoms with Crippen molar-refractivity contribution in [2.75, 3.05) is 0 Å². The van der Waals surface area contributed by atoms with Crippen LogP contribution in [-0.2, 0) is 13.0 Å². The van der Waals surface area contributed by atoms with Crippen molar-refractivity contribution in [3.8, 4) is 5.82 Å². The minimum absolute atomic E-state index is 0.0938. The van der Waals surface area contributed by atoms with E-state index >= 15 is 0 Å². The van der Waals surface area contributed by atoms with Gasteiger partial charge in [0.05, 0.1) is 24.0 Å². The van der Waals surface area contributed by atoms with E-state index in [1.807, 2.05) is 6.92 Å². The van der Waals surface area contributed by atoms with Crippen LogP contribution in [0.3, 0.4) is 0 Å². The van der Waals surface area contributed by atoms with Crippen LogP contribution < -0.4 is 0 Å². The third-order valence-electron chi connectivity index (χ3n) is 4.58. The number of aromatic amines is 1. The first-order valence-corrected chi connectivity index (χ1v) is 8.05. The van der Waals surface area contributed by atoms with E-state index in [4.69, 9.17) is 0 Å². The second-order valence-corrected chi connectivity index (χ2v) is 6.26. The number of carbonyl (C=O) groups is 1. The van der Waals surface area contributed by atoms with Crippen molar-refractivity contribution in [2.45, 2.75) is 32.9 Å². The Morgan fingerprint density at radius 3 is 2.96 bits per heavy atom. The van der Waals surface area contributed by atoms with Crippen molar-refractivity contribution in [1.29, 1.82) is 0 Å². The van der Waals surface area contributed by atoms with Crippen molar-refractivity contribution in [3.63, 3.8) is 0 Å². The molecule has 4 rings (SSSR count). The smallest absolute Gasteiger partial charge is 0.257 e. The van der Waals surface area contributed by atoms with Gasteiger partial charge in [0.1, 0.15) is 11.5 Å². The molecular weight excluding hydrogens is 323 g/mol. The molecule has 3 aromatic rings. The maximum atomic E-state index is 14.3. The van der Waals surface area contributed by atoms with Gasteiger partial charge in [-0.25, -0.2) is 4.39 Å². The van der Waals surface area contributed by atoms with E-state index in [9.17, 15) is 9.18 Å². The molecule has 3 heterocycles. The lowest BCUT2D eigenvalue weighted by atomic mass is 10.0. The SMILES string of the molecule is Cc1cccc(C(=O)N2Cc3nnn(-c4ccn[nH]4)c3C[C@@H]2C)c1F. The first-order valence-electron chi connectivity index (χ1n) is 8.05. The van der Waals surface area contributed by atoms with Crippen LogP contribution in [0.1, 0.15) is 34.2 Å². The Kier molecular flexibility index (Phi) is 3.60. The second-order valence-electron chi connectivity index (χ2n) is 6.26. The number of halogens is 1.